The Labute approximate surface area is 158 Å². The number of rotatable bonds is 6. The molecule has 0 bridgehead atoms. The summed E-state index contributed by atoms with van der Waals surface area (Å²) in [6, 6.07) is 2.01. The van der Waals surface area contributed by atoms with Crippen LogP contribution >= 0.6 is 0 Å². The van der Waals surface area contributed by atoms with Crippen LogP contribution in [0.15, 0.2) is 37.2 Å². The molecule has 8 nitrogen and oxygen atoms in total. The fraction of sp³-hybridized carbons (Fsp3) is 0.421. The van der Waals surface area contributed by atoms with Crippen LogP contribution in [0, 0.1) is 12.8 Å². The first-order valence-corrected chi connectivity index (χ1v) is 9.31. The summed E-state index contributed by atoms with van der Waals surface area (Å²) in [6.07, 6.45) is 11.9. The van der Waals surface area contributed by atoms with E-state index in [9.17, 15) is 0 Å². The number of nitrogens with zero attached hydrogens (tertiary/aromatic N) is 6. The number of likely N-dealkylation sites (tertiary alicyclic amines) is 1. The quantitative estimate of drug-likeness (QED) is 0.694. The predicted octanol–water partition coefficient (Wildman–Crippen LogP) is 2.50. The van der Waals surface area contributed by atoms with Gasteiger partial charge in [-0.3, -0.25) is 15.0 Å². The van der Waals surface area contributed by atoms with Crippen LogP contribution in [0.1, 0.15) is 29.8 Å². The molecule has 8 heteroatoms. The number of anilines is 2. The van der Waals surface area contributed by atoms with Crippen LogP contribution in [0.2, 0.25) is 0 Å². The van der Waals surface area contributed by atoms with E-state index in [1.54, 1.807) is 24.9 Å². The third-order valence-electron chi connectivity index (χ3n) is 4.97. The van der Waals surface area contributed by atoms with Crippen molar-refractivity contribution in [2.24, 2.45) is 5.92 Å². The fourth-order valence-electron chi connectivity index (χ4n) is 3.61. The first-order valence-electron chi connectivity index (χ1n) is 9.31. The number of hydrogen-bond donors (Lipinski definition) is 2. The minimum atomic E-state index is 0.602. The average Bonchev–Trinajstić information content (AvgIpc) is 3.08. The highest BCUT2D eigenvalue weighted by Crippen LogP contribution is 2.23. The zero-order chi connectivity index (χ0) is 18.5. The lowest BCUT2D eigenvalue weighted by Crippen LogP contribution is -2.35. The second-order valence-electron chi connectivity index (χ2n) is 7.08. The van der Waals surface area contributed by atoms with Crippen molar-refractivity contribution >= 4 is 11.6 Å². The highest BCUT2D eigenvalue weighted by molar-refractivity contribution is 5.49. The van der Waals surface area contributed by atoms with Crippen LogP contribution in [0.5, 0.6) is 0 Å². The average molecular weight is 364 g/mol. The van der Waals surface area contributed by atoms with E-state index in [4.69, 9.17) is 0 Å². The number of aryl methyl sites for hydroxylation is 1. The lowest BCUT2D eigenvalue weighted by atomic mass is 9.93. The van der Waals surface area contributed by atoms with Crippen LogP contribution in [-0.4, -0.2) is 48.1 Å². The highest BCUT2D eigenvalue weighted by atomic mass is 15.2. The molecule has 3 aromatic rings. The Kier molecular flexibility index (Phi) is 5.34. The summed E-state index contributed by atoms with van der Waals surface area (Å²) in [5.74, 6) is 2.04. The van der Waals surface area contributed by atoms with Crippen molar-refractivity contribution in [1.29, 1.82) is 0 Å². The fourth-order valence-corrected chi connectivity index (χ4v) is 3.61. The first-order chi connectivity index (χ1) is 13.3. The third kappa shape index (κ3) is 4.65. The Balaban J connectivity index is 1.37. The monoisotopic (exact) mass is 364 g/mol. The van der Waals surface area contributed by atoms with Crippen molar-refractivity contribution in [2.45, 2.75) is 32.7 Å². The van der Waals surface area contributed by atoms with Crippen LogP contribution in [0.25, 0.3) is 0 Å². The van der Waals surface area contributed by atoms with Gasteiger partial charge in [0.2, 0.25) is 0 Å². The van der Waals surface area contributed by atoms with Gasteiger partial charge in [0.1, 0.15) is 18.0 Å². The van der Waals surface area contributed by atoms with Gasteiger partial charge in [0.05, 0.1) is 12.4 Å². The van der Waals surface area contributed by atoms with Gasteiger partial charge >= 0.3 is 0 Å². The molecule has 4 rings (SSSR count). The number of aromatic nitrogens is 6. The molecule has 4 heterocycles. The van der Waals surface area contributed by atoms with Crippen LogP contribution in [0.3, 0.4) is 0 Å². The normalized spacial score (nSPS) is 17.7. The maximum Gasteiger partial charge on any atom is 0.150 e. The van der Waals surface area contributed by atoms with Gasteiger partial charge in [-0.25, -0.2) is 15.0 Å². The minimum Gasteiger partial charge on any atom is -0.324 e. The lowest BCUT2D eigenvalue weighted by molar-refractivity contribution is 0.166. The van der Waals surface area contributed by atoms with E-state index in [1.165, 1.54) is 18.4 Å². The first kappa shape index (κ1) is 17.5. The Bertz CT molecular complexity index is 863. The highest BCUT2D eigenvalue weighted by Gasteiger charge is 2.21. The van der Waals surface area contributed by atoms with E-state index in [2.05, 4.69) is 47.3 Å². The van der Waals surface area contributed by atoms with Gasteiger partial charge in [-0.05, 0) is 38.6 Å². The van der Waals surface area contributed by atoms with Crippen molar-refractivity contribution < 1.29 is 0 Å². The molecule has 0 saturated carbocycles. The zero-order valence-electron chi connectivity index (χ0n) is 15.5. The molecule has 140 valence electrons. The predicted molar refractivity (Wildman–Crippen MR) is 102 cm³/mol. The number of nitrogens with one attached hydrogen (secondary N) is 2. The maximum atomic E-state index is 4.47. The van der Waals surface area contributed by atoms with Crippen molar-refractivity contribution in [3.8, 4) is 0 Å². The summed E-state index contributed by atoms with van der Waals surface area (Å²) in [5, 5.41) is 10.3. The van der Waals surface area contributed by atoms with E-state index in [-0.39, 0.29) is 0 Å². The molecule has 3 aromatic heterocycles. The SMILES string of the molecule is Cc1[nH]ncc1CN1CCC[C@H](Cc2cc(Nc3cnccn3)ncn2)C1. The smallest absolute Gasteiger partial charge is 0.150 e. The van der Waals surface area contributed by atoms with Crippen molar-refractivity contribution in [3.63, 3.8) is 0 Å². The van der Waals surface area contributed by atoms with E-state index >= 15 is 0 Å². The second-order valence-corrected chi connectivity index (χ2v) is 7.08. The molecule has 0 spiro atoms. The standard InChI is InChI=1S/C19H24N8/c1-14-16(9-24-26-14)12-27-6-2-3-15(11-27)7-17-8-18(23-13-22-17)25-19-10-20-4-5-21-19/h4-5,8-10,13,15H,2-3,6-7,11-12H2,1H3,(H,24,26)(H,21,22,23,25)/t15-/m1/s1. The van der Waals surface area contributed by atoms with E-state index < -0.39 is 0 Å². The molecule has 1 atom stereocenters. The van der Waals surface area contributed by atoms with Crippen LogP contribution in [-0.2, 0) is 13.0 Å². The summed E-state index contributed by atoms with van der Waals surface area (Å²) in [5.41, 5.74) is 3.50. The van der Waals surface area contributed by atoms with Crippen LogP contribution < -0.4 is 5.32 Å². The Morgan fingerprint density at radius 3 is 2.96 bits per heavy atom. The molecule has 0 unspecified atom stereocenters. The number of hydrogen-bond acceptors (Lipinski definition) is 7. The molecule has 0 aromatic carbocycles. The van der Waals surface area contributed by atoms with Crippen LogP contribution in [0.4, 0.5) is 11.6 Å². The molecule has 1 aliphatic rings. The molecule has 1 saturated heterocycles. The number of piperidine rings is 1. The molecular formula is C19H24N8. The van der Waals surface area contributed by atoms with Gasteiger partial charge in [0.15, 0.2) is 0 Å². The maximum absolute atomic E-state index is 4.47. The van der Waals surface area contributed by atoms with Gasteiger partial charge in [0.25, 0.3) is 0 Å². The number of aromatic amines is 1. The lowest BCUT2D eigenvalue weighted by Gasteiger charge is -2.32. The second kappa shape index (κ2) is 8.22. The van der Waals surface area contributed by atoms with Gasteiger partial charge in [0, 0.05) is 48.5 Å². The van der Waals surface area contributed by atoms with E-state index in [1.807, 2.05) is 12.3 Å². The van der Waals surface area contributed by atoms with Gasteiger partial charge in [-0.1, -0.05) is 0 Å². The summed E-state index contributed by atoms with van der Waals surface area (Å²) >= 11 is 0. The van der Waals surface area contributed by atoms with Crippen molar-refractivity contribution in [2.75, 3.05) is 18.4 Å². The third-order valence-corrected chi connectivity index (χ3v) is 4.97. The summed E-state index contributed by atoms with van der Waals surface area (Å²) in [7, 11) is 0. The Morgan fingerprint density at radius 2 is 2.15 bits per heavy atom. The molecule has 1 fully saturated rings. The Morgan fingerprint density at radius 1 is 1.19 bits per heavy atom. The zero-order valence-corrected chi connectivity index (χ0v) is 15.5. The summed E-state index contributed by atoms with van der Waals surface area (Å²) < 4.78 is 0. The Hall–Kier alpha value is -2.87. The van der Waals surface area contributed by atoms with Gasteiger partial charge in [-0.2, -0.15) is 5.10 Å². The topological polar surface area (TPSA) is 95.5 Å². The number of H-pyrrole nitrogens is 1. The largest absolute Gasteiger partial charge is 0.324 e. The van der Waals surface area contributed by atoms with Crippen molar-refractivity contribution in [1.82, 2.24) is 35.0 Å². The van der Waals surface area contributed by atoms with E-state index in [0.29, 0.717) is 11.7 Å². The van der Waals surface area contributed by atoms with Gasteiger partial charge < -0.3 is 5.32 Å². The molecule has 0 aliphatic carbocycles. The molecule has 27 heavy (non-hydrogen) atoms. The minimum absolute atomic E-state index is 0.602. The van der Waals surface area contributed by atoms with Gasteiger partial charge in [-0.15, -0.1) is 0 Å². The molecule has 2 N–H and O–H groups in total. The summed E-state index contributed by atoms with van der Waals surface area (Å²) in [4.78, 5) is 19.6. The van der Waals surface area contributed by atoms with Crippen molar-refractivity contribution in [3.05, 3.63) is 54.1 Å². The molecule has 0 amide bonds. The summed E-state index contributed by atoms with van der Waals surface area (Å²) in [6.45, 7) is 5.27. The molecule has 0 radical (unpaired) electrons. The molecule has 1 aliphatic heterocycles. The van der Waals surface area contributed by atoms with E-state index in [0.717, 1.165) is 43.3 Å². The molecular weight excluding hydrogens is 340 g/mol.